The summed E-state index contributed by atoms with van der Waals surface area (Å²) >= 11 is 0. The van der Waals surface area contributed by atoms with E-state index in [1.165, 1.54) is 14.2 Å². The lowest BCUT2D eigenvalue weighted by atomic mass is 10.1. The number of carbonyl (C=O) groups excluding carboxylic acids is 1. The Morgan fingerprint density at radius 1 is 1.04 bits per heavy atom. The van der Waals surface area contributed by atoms with E-state index in [4.69, 9.17) is 25.7 Å². The summed E-state index contributed by atoms with van der Waals surface area (Å²) in [5, 5.41) is 0. The number of hydrogen-bond donors (Lipinski definition) is 2. The molecule has 9 nitrogen and oxygen atoms in total. The smallest absolute Gasteiger partial charge is 0.310 e. The SMILES string of the molecule is COc1ccc(CC(=O)OCc2nc(N)nc(N)n2)cc1OC. The number of benzene rings is 1. The molecule has 0 aliphatic rings. The number of nitrogens with zero attached hydrogens (tertiary/aromatic N) is 3. The van der Waals surface area contributed by atoms with Gasteiger partial charge in [0, 0.05) is 0 Å². The zero-order chi connectivity index (χ0) is 16.8. The topological polar surface area (TPSA) is 135 Å². The summed E-state index contributed by atoms with van der Waals surface area (Å²) in [4.78, 5) is 23.2. The highest BCUT2D eigenvalue weighted by Crippen LogP contribution is 2.27. The maximum Gasteiger partial charge on any atom is 0.310 e. The van der Waals surface area contributed by atoms with Gasteiger partial charge in [-0.15, -0.1) is 0 Å². The number of rotatable bonds is 6. The Bertz CT molecular complexity index is 687. The van der Waals surface area contributed by atoms with Gasteiger partial charge < -0.3 is 25.7 Å². The fourth-order valence-corrected chi connectivity index (χ4v) is 1.87. The van der Waals surface area contributed by atoms with Crippen LogP contribution in [0.4, 0.5) is 11.9 Å². The molecule has 2 aromatic rings. The molecule has 0 bridgehead atoms. The zero-order valence-corrected chi connectivity index (χ0v) is 12.8. The van der Waals surface area contributed by atoms with Gasteiger partial charge in [0.05, 0.1) is 20.6 Å². The van der Waals surface area contributed by atoms with Crippen LogP contribution in [0.25, 0.3) is 0 Å². The molecule has 0 fully saturated rings. The first-order valence-electron chi connectivity index (χ1n) is 6.64. The van der Waals surface area contributed by atoms with Crippen molar-refractivity contribution in [1.29, 1.82) is 0 Å². The van der Waals surface area contributed by atoms with Crippen LogP contribution in [0.2, 0.25) is 0 Å². The summed E-state index contributed by atoms with van der Waals surface area (Å²) in [6, 6.07) is 5.18. The number of anilines is 2. The average molecular weight is 319 g/mol. The van der Waals surface area contributed by atoms with Gasteiger partial charge in [0.2, 0.25) is 11.9 Å². The molecule has 9 heteroatoms. The van der Waals surface area contributed by atoms with E-state index >= 15 is 0 Å². The monoisotopic (exact) mass is 319 g/mol. The summed E-state index contributed by atoms with van der Waals surface area (Å²) in [5.41, 5.74) is 11.6. The predicted octanol–water partition coefficient (Wildman–Crippen LogP) is 0.339. The van der Waals surface area contributed by atoms with Gasteiger partial charge in [0.15, 0.2) is 23.9 Å². The van der Waals surface area contributed by atoms with Crippen LogP contribution in [0.3, 0.4) is 0 Å². The molecule has 0 aliphatic carbocycles. The van der Waals surface area contributed by atoms with E-state index in [1.54, 1.807) is 18.2 Å². The molecule has 0 atom stereocenters. The molecule has 0 saturated carbocycles. The minimum Gasteiger partial charge on any atom is -0.493 e. The van der Waals surface area contributed by atoms with Gasteiger partial charge in [-0.2, -0.15) is 15.0 Å². The molecule has 1 aromatic heterocycles. The first kappa shape index (κ1) is 16.3. The third-order valence-corrected chi connectivity index (χ3v) is 2.87. The van der Waals surface area contributed by atoms with Crippen LogP contribution in [0.15, 0.2) is 18.2 Å². The maximum absolute atomic E-state index is 11.9. The molecule has 122 valence electrons. The van der Waals surface area contributed by atoms with Gasteiger partial charge in [-0.25, -0.2) is 0 Å². The lowest BCUT2D eigenvalue weighted by molar-refractivity contribution is -0.144. The lowest BCUT2D eigenvalue weighted by Gasteiger charge is -2.09. The molecule has 23 heavy (non-hydrogen) atoms. The molecule has 1 heterocycles. The molecule has 0 aliphatic heterocycles. The highest BCUT2D eigenvalue weighted by Gasteiger charge is 2.11. The second-order valence-corrected chi connectivity index (χ2v) is 4.49. The van der Waals surface area contributed by atoms with Gasteiger partial charge in [0.1, 0.15) is 0 Å². The normalized spacial score (nSPS) is 10.2. The molecule has 0 unspecified atom stereocenters. The van der Waals surface area contributed by atoms with Crippen molar-refractivity contribution in [3.05, 3.63) is 29.6 Å². The number of ether oxygens (including phenoxy) is 3. The van der Waals surface area contributed by atoms with Crippen molar-refractivity contribution in [2.45, 2.75) is 13.0 Å². The van der Waals surface area contributed by atoms with E-state index in [-0.39, 0.29) is 30.7 Å². The van der Waals surface area contributed by atoms with Crippen molar-refractivity contribution < 1.29 is 19.0 Å². The molecule has 4 N–H and O–H groups in total. The second-order valence-electron chi connectivity index (χ2n) is 4.49. The summed E-state index contributed by atoms with van der Waals surface area (Å²) < 4.78 is 15.4. The van der Waals surface area contributed by atoms with Gasteiger partial charge in [-0.05, 0) is 17.7 Å². The van der Waals surface area contributed by atoms with Crippen LogP contribution in [-0.4, -0.2) is 35.1 Å². The number of nitrogen functional groups attached to an aromatic ring is 2. The van der Waals surface area contributed by atoms with E-state index in [1.807, 2.05) is 0 Å². The highest BCUT2D eigenvalue weighted by molar-refractivity contribution is 5.73. The fourth-order valence-electron chi connectivity index (χ4n) is 1.87. The third-order valence-electron chi connectivity index (χ3n) is 2.87. The molecule has 1 aromatic carbocycles. The minimum absolute atomic E-state index is 0.0246. The summed E-state index contributed by atoms with van der Waals surface area (Å²) in [5.74, 6) is 0.814. The predicted molar refractivity (Wildman–Crippen MR) is 81.7 cm³/mol. The van der Waals surface area contributed by atoms with Crippen LogP contribution in [0.5, 0.6) is 11.5 Å². The Morgan fingerprint density at radius 3 is 2.30 bits per heavy atom. The second kappa shape index (κ2) is 7.25. The first-order valence-corrected chi connectivity index (χ1v) is 6.64. The molecule has 0 saturated heterocycles. The maximum atomic E-state index is 11.9. The number of nitrogens with two attached hydrogens (primary N) is 2. The Hall–Kier alpha value is -3.10. The van der Waals surface area contributed by atoms with Crippen molar-refractivity contribution in [1.82, 2.24) is 15.0 Å². The molecule has 0 radical (unpaired) electrons. The number of hydrogen-bond acceptors (Lipinski definition) is 9. The molecular formula is C14H17N5O4. The van der Waals surface area contributed by atoms with E-state index < -0.39 is 5.97 Å². The third kappa shape index (κ3) is 4.43. The van der Waals surface area contributed by atoms with Gasteiger partial charge in [-0.3, -0.25) is 4.79 Å². The number of aromatic nitrogens is 3. The molecule has 2 rings (SSSR count). The minimum atomic E-state index is -0.449. The molecule has 0 spiro atoms. The van der Waals surface area contributed by atoms with Crippen molar-refractivity contribution in [3.63, 3.8) is 0 Å². The number of methoxy groups -OCH3 is 2. The van der Waals surface area contributed by atoms with Gasteiger partial charge in [-0.1, -0.05) is 6.07 Å². The van der Waals surface area contributed by atoms with Crippen molar-refractivity contribution in [3.8, 4) is 11.5 Å². The lowest BCUT2D eigenvalue weighted by Crippen LogP contribution is -2.12. The standard InChI is InChI=1S/C14H17N5O4/c1-21-9-4-3-8(5-10(9)22-2)6-12(20)23-7-11-17-13(15)19-14(16)18-11/h3-5H,6-7H2,1-2H3,(H4,15,16,17,18,19). The van der Waals surface area contributed by atoms with Crippen molar-refractivity contribution in [2.75, 3.05) is 25.7 Å². The quantitative estimate of drug-likeness (QED) is 0.722. The Morgan fingerprint density at radius 2 is 1.70 bits per heavy atom. The highest BCUT2D eigenvalue weighted by atomic mass is 16.5. The summed E-state index contributed by atoms with van der Waals surface area (Å²) in [7, 11) is 3.06. The van der Waals surface area contributed by atoms with Crippen molar-refractivity contribution >= 4 is 17.9 Å². The van der Waals surface area contributed by atoms with Crippen LogP contribution < -0.4 is 20.9 Å². The van der Waals surface area contributed by atoms with Gasteiger partial charge >= 0.3 is 5.97 Å². The van der Waals surface area contributed by atoms with Crippen LogP contribution >= 0.6 is 0 Å². The largest absolute Gasteiger partial charge is 0.493 e. The van der Waals surface area contributed by atoms with Crippen LogP contribution in [0, 0.1) is 0 Å². The summed E-state index contributed by atoms with van der Waals surface area (Å²) in [6.07, 6.45) is 0.0659. The number of esters is 1. The fraction of sp³-hybridized carbons (Fsp3) is 0.286. The first-order chi connectivity index (χ1) is 11.0. The van der Waals surface area contributed by atoms with E-state index in [0.717, 1.165) is 5.56 Å². The Balaban J connectivity index is 1.97. The van der Waals surface area contributed by atoms with Crippen LogP contribution in [0.1, 0.15) is 11.4 Å². The molecule has 0 amide bonds. The Labute approximate surface area is 132 Å². The van der Waals surface area contributed by atoms with Gasteiger partial charge in [0.25, 0.3) is 0 Å². The summed E-state index contributed by atoms with van der Waals surface area (Å²) in [6.45, 7) is -0.136. The molecular weight excluding hydrogens is 302 g/mol. The van der Waals surface area contributed by atoms with E-state index in [2.05, 4.69) is 15.0 Å². The van der Waals surface area contributed by atoms with Crippen molar-refractivity contribution in [2.24, 2.45) is 0 Å². The van der Waals surface area contributed by atoms with Crippen LogP contribution in [-0.2, 0) is 22.6 Å². The zero-order valence-electron chi connectivity index (χ0n) is 12.8. The van der Waals surface area contributed by atoms with E-state index in [9.17, 15) is 4.79 Å². The van der Waals surface area contributed by atoms with E-state index in [0.29, 0.717) is 11.5 Å². The number of carbonyl (C=O) groups is 1. The Kier molecular flexibility index (Phi) is 5.13. The average Bonchev–Trinajstić information content (AvgIpc) is 2.52.